The third-order valence-corrected chi connectivity index (χ3v) is 7.30. The molecule has 0 heterocycles. The summed E-state index contributed by atoms with van der Waals surface area (Å²) in [6.45, 7) is 1.24. The Labute approximate surface area is 241 Å². The molecule has 210 valence electrons. The van der Waals surface area contributed by atoms with Gasteiger partial charge in [0.05, 0.1) is 7.11 Å². The summed E-state index contributed by atoms with van der Waals surface area (Å²) < 4.78 is 11.0. The van der Waals surface area contributed by atoms with Crippen molar-refractivity contribution < 1.29 is 19.1 Å². The molecule has 1 aliphatic rings. The summed E-state index contributed by atoms with van der Waals surface area (Å²) in [5, 5.41) is 6.77. The molecule has 6 heteroatoms. The van der Waals surface area contributed by atoms with E-state index in [1.165, 1.54) is 31.2 Å². The molecule has 0 aliphatic heterocycles. The molecule has 0 bridgehead atoms. The lowest BCUT2D eigenvalue weighted by Gasteiger charge is -2.20. The fraction of sp³-hybridized carbons (Fsp3) is 0.257. The van der Waals surface area contributed by atoms with Crippen LogP contribution in [0.2, 0.25) is 0 Å². The van der Waals surface area contributed by atoms with Crippen molar-refractivity contribution in [3.05, 3.63) is 125 Å². The molecule has 2 N–H and O–H groups in total. The summed E-state index contributed by atoms with van der Waals surface area (Å²) in [7, 11) is 1.37. The first kappa shape index (κ1) is 28.0. The van der Waals surface area contributed by atoms with E-state index in [1.807, 2.05) is 54.6 Å². The highest BCUT2D eigenvalue weighted by molar-refractivity contribution is 6.12. The number of carbonyl (C=O) groups excluding carboxylic acids is 2. The average molecular weight is 549 g/mol. The highest BCUT2D eigenvalue weighted by atomic mass is 16.5. The van der Waals surface area contributed by atoms with E-state index in [2.05, 4.69) is 34.9 Å². The van der Waals surface area contributed by atoms with Gasteiger partial charge in [-0.15, -0.1) is 0 Å². The van der Waals surface area contributed by atoms with Gasteiger partial charge in [-0.25, -0.2) is 4.79 Å². The van der Waals surface area contributed by atoms with Crippen LogP contribution in [0.15, 0.2) is 103 Å². The molecule has 4 aromatic rings. The van der Waals surface area contributed by atoms with Crippen LogP contribution in [0, 0.1) is 5.92 Å². The molecule has 5 rings (SSSR count). The molecule has 0 amide bonds. The lowest BCUT2D eigenvalue weighted by atomic mass is 10.00. The van der Waals surface area contributed by atoms with E-state index in [1.54, 1.807) is 24.3 Å². The van der Waals surface area contributed by atoms with Crippen molar-refractivity contribution in [2.24, 2.45) is 5.92 Å². The molecule has 1 fully saturated rings. The number of anilines is 2. The predicted octanol–water partition coefficient (Wildman–Crippen LogP) is 6.56. The van der Waals surface area contributed by atoms with E-state index in [0.29, 0.717) is 36.4 Å². The van der Waals surface area contributed by atoms with Crippen LogP contribution in [0.5, 0.6) is 5.75 Å². The van der Waals surface area contributed by atoms with Crippen molar-refractivity contribution in [1.29, 1.82) is 0 Å². The Morgan fingerprint density at radius 3 is 2.24 bits per heavy atom. The van der Waals surface area contributed by atoms with Crippen LogP contribution in [-0.4, -0.2) is 38.1 Å². The Balaban J connectivity index is 1.17. The van der Waals surface area contributed by atoms with E-state index in [4.69, 9.17) is 9.47 Å². The van der Waals surface area contributed by atoms with Crippen LogP contribution in [-0.2, 0) is 22.4 Å². The predicted molar refractivity (Wildman–Crippen MR) is 163 cm³/mol. The maximum atomic E-state index is 13.2. The van der Waals surface area contributed by atoms with Crippen molar-refractivity contribution in [2.75, 3.05) is 30.9 Å². The number of hydrogen-bond donors (Lipinski definition) is 2. The van der Waals surface area contributed by atoms with Gasteiger partial charge in [0.2, 0.25) is 0 Å². The molecule has 0 saturated heterocycles. The number of esters is 1. The Morgan fingerprint density at radius 2 is 1.51 bits per heavy atom. The standard InChI is InChI=1S/C35H36N2O4/c1-40-35(39)33(37-32-14-8-6-12-30(32)34(38)27-9-3-2-4-10-27)24-26-17-19-29(20-18-26)41-22-21-36-31-13-7-5-11-28(31)23-25-15-16-25/h2-14,17-20,25,33,36-37H,15-16,21-24H2,1H3. The minimum atomic E-state index is -0.670. The Kier molecular flexibility index (Phi) is 9.32. The SMILES string of the molecule is COC(=O)C(Cc1ccc(OCCNc2ccccc2CC2CC2)cc1)Nc1ccccc1C(=O)c1ccccc1. The molecule has 1 aliphatic carbocycles. The van der Waals surface area contributed by atoms with Crippen molar-refractivity contribution in [3.63, 3.8) is 0 Å². The van der Waals surface area contributed by atoms with Crippen LogP contribution in [0.1, 0.15) is 39.9 Å². The van der Waals surface area contributed by atoms with Gasteiger partial charge in [-0.3, -0.25) is 4.79 Å². The van der Waals surface area contributed by atoms with Crippen LogP contribution in [0.25, 0.3) is 0 Å². The number of carbonyl (C=O) groups is 2. The third kappa shape index (κ3) is 7.76. The summed E-state index contributed by atoms with van der Waals surface area (Å²) in [6.07, 6.45) is 4.21. The fourth-order valence-corrected chi connectivity index (χ4v) is 4.89. The number of methoxy groups -OCH3 is 1. The summed E-state index contributed by atoms with van der Waals surface area (Å²) in [6, 6.07) is 31.9. The van der Waals surface area contributed by atoms with Gasteiger partial charge < -0.3 is 20.1 Å². The summed E-state index contributed by atoms with van der Waals surface area (Å²) in [4.78, 5) is 25.9. The van der Waals surface area contributed by atoms with Crippen molar-refractivity contribution >= 4 is 23.1 Å². The summed E-state index contributed by atoms with van der Waals surface area (Å²) in [5.41, 5.74) is 5.18. The molecule has 0 spiro atoms. The number of rotatable bonds is 14. The number of hydrogen-bond acceptors (Lipinski definition) is 6. The Morgan fingerprint density at radius 1 is 0.829 bits per heavy atom. The maximum absolute atomic E-state index is 13.2. The zero-order chi connectivity index (χ0) is 28.4. The van der Waals surface area contributed by atoms with Crippen LogP contribution in [0.3, 0.4) is 0 Å². The molecular formula is C35H36N2O4. The smallest absolute Gasteiger partial charge is 0.328 e. The first-order chi connectivity index (χ1) is 20.1. The number of ether oxygens (including phenoxy) is 2. The number of para-hydroxylation sites is 2. The molecule has 0 aromatic heterocycles. The Bertz CT molecular complexity index is 1450. The van der Waals surface area contributed by atoms with Crippen molar-refractivity contribution in [3.8, 4) is 5.75 Å². The van der Waals surface area contributed by atoms with Gasteiger partial charge in [0.25, 0.3) is 0 Å². The highest BCUT2D eigenvalue weighted by Crippen LogP contribution is 2.34. The van der Waals surface area contributed by atoms with Gasteiger partial charge in [-0.2, -0.15) is 0 Å². The van der Waals surface area contributed by atoms with Gasteiger partial charge in [0, 0.05) is 35.5 Å². The largest absolute Gasteiger partial charge is 0.492 e. The zero-order valence-corrected chi connectivity index (χ0v) is 23.3. The van der Waals surface area contributed by atoms with Crippen molar-refractivity contribution in [1.82, 2.24) is 0 Å². The number of benzene rings is 4. The fourth-order valence-electron chi connectivity index (χ4n) is 4.89. The topological polar surface area (TPSA) is 76.7 Å². The monoisotopic (exact) mass is 548 g/mol. The van der Waals surface area contributed by atoms with Crippen molar-refractivity contribution in [2.45, 2.75) is 31.7 Å². The van der Waals surface area contributed by atoms with Crippen LogP contribution >= 0.6 is 0 Å². The lowest BCUT2D eigenvalue weighted by molar-refractivity contribution is -0.141. The second-order valence-electron chi connectivity index (χ2n) is 10.4. The van der Waals surface area contributed by atoms with Gasteiger partial charge in [0.15, 0.2) is 5.78 Å². The summed E-state index contributed by atoms with van der Waals surface area (Å²) >= 11 is 0. The minimum Gasteiger partial charge on any atom is -0.492 e. The van der Waals surface area contributed by atoms with E-state index in [-0.39, 0.29) is 5.78 Å². The second-order valence-corrected chi connectivity index (χ2v) is 10.4. The second kappa shape index (κ2) is 13.7. The van der Waals surface area contributed by atoms with E-state index in [0.717, 1.165) is 23.7 Å². The van der Waals surface area contributed by atoms with E-state index >= 15 is 0 Å². The summed E-state index contributed by atoms with van der Waals surface area (Å²) in [5.74, 6) is 1.09. The lowest BCUT2D eigenvalue weighted by Crippen LogP contribution is -2.33. The van der Waals surface area contributed by atoms with E-state index in [9.17, 15) is 9.59 Å². The molecule has 0 radical (unpaired) electrons. The average Bonchev–Trinajstić information content (AvgIpc) is 3.84. The highest BCUT2D eigenvalue weighted by Gasteiger charge is 2.23. The Hall–Kier alpha value is -4.58. The van der Waals surface area contributed by atoms with Gasteiger partial charge in [-0.05, 0) is 66.6 Å². The maximum Gasteiger partial charge on any atom is 0.328 e. The van der Waals surface area contributed by atoms with E-state index < -0.39 is 12.0 Å². The normalized spacial score (nSPS) is 13.2. The number of nitrogens with one attached hydrogen (secondary N) is 2. The van der Waals surface area contributed by atoms with Gasteiger partial charge >= 0.3 is 5.97 Å². The van der Waals surface area contributed by atoms with Gasteiger partial charge in [0.1, 0.15) is 18.4 Å². The molecule has 6 nitrogen and oxygen atoms in total. The first-order valence-electron chi connectivity index (χ1n) is 14.2. The quantitative estimate of drug-likeness (QED) is 0.106. The molecule has 1 saturated carbocycles. The van der Waals surface area contributed by atoms with Crippen LogP contribution < -0.4 is 15.4 Å². The first-order valence-corrected chi connectivity index (χ1v) is 14.2. The van der Waals surface area contributed by atoms with Gasteiger partial charge in [-0.1, -0.05) is 72.8 Å². The zero-order valence-electron chi connectivity index (χ0n) is 23.3. The molecule has 1 unspecified atom stereocenters. The molecule has 1 atom stereocenters. The molecule has 4 aromatic carbocycles. The number of ketones is 1. The molecular weight excluding hydrogens is 512 g/mol. The van der Waals surface area contributed by atoms with Crippen LogP contribution in [0.4, 0.5) is 11.4 Å². The molecule has 41 heavy (non-hydrogen) atoms. The minimum absolute atomic E-state index is 0.111. The third-order valence-electron chi connectivity index (χ3n) is 7.30.